The fraction of sp³-hybridized carbons (Fsp3) is 0.200. The molecular formula is C25H20F3N3O4. The normalized spacial score (nSPS) is 18.7. The van der Waals surface area contributed by atoms with Gasteiger partial charge in [-0.05, 0) is 17.7 Å². The second-order valence-electron chi connectivity index (χ2n) is 8.15. The highest BCUT2D eigenvalue weighted by atomic mass is 19.4. The number of carbonyl (C=O) groups is 1. The maximum atomic E-state index is 14.0. The SMILES string of the molecule is O=C1c2c(O)c(=O)ccn2N2CN1C/C=C\COc1c(cccc1C(F)(F)F)[C@H]2c1ccccc1. The Morgan fingerprint density at radius 1 is 0.971 bits per heavy atom. The van der Waals surface area contributed by atoms with E-state index in [1.807, 2.05) is 0 Å². The molecule has 180 valence electrons. The Morgan fingerprint density at radius 2 is 1.74 bits per heavy atom. The lowest BCUT2D eigenvalue weighted by Crippen LogP contribution is -2.55. The molecule has 1 atom stereocenters. The number of rotatable bonds is 1. The van der Waals surface area contributed by atoms with Gasteiger partial charge < -0.3 is 14.7 Å². The van der Waals surface area contributed by atoms with E-state index in [2.05, 4.69) is 0 Å². The van der Waals surface area contributed by atoms with Crippen LogP contribution in [0.15, 0.2) is 77.7 Å². The smallest absolute Gasteiger partial charge is 0.419 e. The summed E-state index contributed by atoms with van der Waals surface area (Å²) in [6.45, 7) is -0.0569. The van der Waals surface area contributed by atoms with Gasteiger partial charge in [-0.15, -0.1) is 0 Å². The minimum atomic E-state index is -4.67. The summed E-state index contributed by atoms with van der Waals surface area (Å²) in [7, 11) is 0. The number of nitrogens with zero attached hydrogens (tertiary/aromatic N) is 3. The van der Waals surface area contributed by atoms with Crippen molar-refractivity contribution in [2.45, 2.75) is 12.2 Å². The lowest BCUT2D eigenvalue weighted by atomic mass is 9.94. The van der Waals surface area contributed by atoms with E-state index in [0.717, 1.165) is 12.1 Å². The van der Waals surface area contributed by atoms with Crippen LogP contribution >= 0.6 is 0 Å². The van der Waals surface area contributed by atoms with E-state index in [1.54, 1.807) is 47.5 Å². The molecule has 0 saturated carbocycles. The standard InChI is InChI=1S/C25H20F3N3O4/c26-25(27,28)18-10-6-9-17-20(16-7-2-1-3-8-16)31-15-29(12-4-5-14-35-23(17)18)24(34)21-22(33)19(32)11-13-30(21)31/h1-11,13,20,33H,12,14-15H2/b5-4-/t20-/m1/s1. The van der Waals surface area contributed by atoms with Gasteiger partial charge in [0.1, 0.15) is 25.1 Å². The zero-order valence-electron chi connectivity index (χ0n) is 18.3. The van der Waals surface area contributed by atoms with Crippen molar-refractivity contribution < 1.29 is 27.8 Å². The van der Waals surface area contributed by atoms with E-state index in [9.17, 15) is 27.9 Å². The zero-order valence-corrected chi connectivity index (χ0v) is 18.3. The molecule has 1 N–H and O–H groups in total. The van der Waals surface area contributed by atoms with Crippen molar-refractivity contribution in [1.82, 2.24) is 9.58 Å². The van der Waals surface area contributed by atoms with Crippen molar-refractivity contribution in [3.63, 3.8) is 0 Å². The number of pyridine rings is 1. The summed E-state index contributed by atoms with van der Waals surface area (Å²) in [6, 6.07) is 12.9. The highest BCUT2D eigenvalue weighted by Crippen LogP contribution is 2.43. The minimum absolute atomic E-state index is 0.0201. The van der Waals surface area contributed by atoms with Gasteiger partial charge in [0.25, 0.3) is 5.91 Å². The van der Waals surface area contributed by atoms with Crippen molar-refractivity contribution >= 4 is 5.91 Å². The van der Waals surface area contributed by atoms with Gasteiger partial charge >= 0.3 is 6.18 Å². The monoisotopic (exact) mass is 483 g/mol. The molecule has 2 aliphatic rings. The third-order valence-corrected chi connectivity index (χ3v) is 6.01. The lowest BCUT2D eigenvalue weighted by molar-refractivity contribution is -0.138. The van der Waals surface area contributed by atoms with Crippen LogP contribution in [0.25, 0.3) is 0 Å². The molecule has 2 bridgehead atoms. The first-order chi connectivity index (χ1) is 16.8. The van der Waals surface area contributed by atoms with E-state index in [-0.39, 0.29) is 36.8 Å². The molecule has 2 aliphatic heterocycles. The second kappa shape index (κ2) is 8.53. The van der Waals surface area contributed by atoms with Gasteiger partial charge in [0, 0.05) is 24.4 Å². The third-order valence-electron chi connectivity index (χ3n) is 6.01. The summed E-state index contributed by atoms with van der Waals surface area (Å²) in [4.78, 5) is 26.8. The molecule has 7 nitrogen and oxygen atoms in total. The van der Waals surface area contributed by atoms with Crippen LogP contribution in [0.1, 0.15) is 33.2 Å². The number of hydrogen-bond acceptors (Lipinski definition) is 5. The average molecular weight is 483 g/mol. The fourth-order valence-corrected chi connectivity index (χ4v) is 4.44. The maximum Gasteiger partial charge on any atom is 0.419 e. The Kier molecular flexibility index (Phi) is 5.50. The number of carbonyl (C=O) groups excluding carboxylic acids is 1. The van der Waals surface area contributed by atoms with Crippen LogP contribution in [0.2, 0.25) is 0 Å². The molecule has 0 aliphatic carbocycles. The van der Waals surface area contributed by atoms with Crippen LogP contribution in [0, 0.1) is 0 Å². The van der Waals surface area contributed by atoms with Crippen LogP contribution in [-0.4, -0.2) is 40.4 Å². The van der Waals surface area contributed by atoms with Crippen LogP contribution in [0.4, 0.5) is 13.2 Å². The highest BCUT2D eigenvalue weighted by Gasteiger charge is 2.40. The summed E-state index contributed by atoms with van der Waals surface area (Å²) in [5, 5.41) is 12.1. The average Bonchev–Trinajstić information content (AvgIpc) is 2.86. The molecule has 0 saturated heterocycles. The molecule has 1 amide bonds. The number of halogens is 3. The predicted octanol–water partition coefficient (Wildman–Crippen LogP) is 3.66. The largest absolute Gasteiger partial charge is 0.502 e. The van der Waals surface area contributed by atoms with Crippen molar-refractivity contribution in [2.75, 3.05) is 24.8 Å². The number of ether oxygens (including phenoxy) is 1. The van der Waals surface area contributed by atoms with Gasteiger partial charge in [-0.1, -0.05) is 48.5 Å². The van der Waals surface area contributed by atoms with Crippen LogP contribution in [-0.2, 0) is 6.18 Å². The van der Waals surface area contributed by atoms with E-state index >= 15 is 0 Å². The lowest BCUT2D eigenvalue weighted by Gasteiger charge is -2.44. The van der Waals surface area contributed by atoms with Gasteiger partial charge in [-0.3, -0.25) is 19.3 Å². The molecule has 1 aromatic heterocycles. The third kappa shape index (κ3) is 3.90. The van der Waals surface area contributed by atoms with Gasteiger partial charge in [0.2, 0.25) is 5.43 Å². The molecule has 0 radical (unpaired) electrons. The first-order valence-electron chi connectivity index (χ1n) is 10.8. The molecule has 3 aromatic rings. The molecule has 5 rings (SSSR count). The van der Waals surface area contributed by atoms with Crippen LogP contribution in [0.5, 0.6) is 11.5 Å². The quantitative estimate of drug-likeness (QED) is 0.535. The van der Waals surface area contributed by atoms with E-state index < -0.39 is 34.9 Å². The van der Waals surface area contributed by atoms with E-state index in [1.165, 1.54) is 27.9 Å². The van der Waals surface area contributed by atoms with Crippen molar-refractivity contribution in [1.29, 1.82) is 0 Å². The van der Waals surface area contributed by atoms with Crippen LogP contribution < -0.4 is 15.2 Å². The second-order valence-corrected chi connectivity index (χ2v) is 8.15. The summed E-state index contributed by atoms with van der Waals surface area (Å²) in [5.74, 6) is -1.62. The number of benzene rings is 2. The van der Waals surface area contributed by atoms with Crippen LogP contribution in [0.3, 0.4) is 0 Å². The van der Waals surface area contributed by atoms with Crippen molar-refractivity contribution in [2.24, 2.45) is 0 Å². The van der Waals surface area contributed by atoms with Crippen molar-refractivity contribution in [3.05, 3.63) is 106 Å². The van der Waals surface area contributed by atoms with Gasteiger partial charge in [0.05, 0.1) is 5.56 Å². The Labute approximate surface area is 197 Å². The van der Waals surface area contributed by atoms with Gasteiger partial charge in [-0.25, -0.2) is 0 Å². The van der Waals surface area contributed by atoms with E-state index in [0.29, 0.717) is 5.56 Å². The molecular weight excluding hydrogens is 463 g/mol. The first kappa shape index (κ1) is 22.6. The summed E-state index contributed by atoms with van der Waals surface area (Å²) >= 11 is 0. The van der Waals surface area contributed by atoms with E-state index in [4.69, 9.17) is 4.74 Å². The summed E-state index contributed by atoms with van der Waals surface area (Å²) in [6.07, 6.45) is -0.195. The first-order valence-corrected chi connectivity index (χ1v) is 10.8. The molecule has 3 heterocycles. The summed E-state index contributed by atoms with van der Waals surface area (Å²) in [5.41, 5.74) is -1.06. The van der Waals surface area contributed by atoms with Gasteiger partial charge in [-0.2, -0.15) is 13.2 Å². The zero-order chi connectivity index (χ0) is 24.7. The number of alkyl halides is 3. The minimum Gasteiger partial charge on any atom is -0.502 e. The predicted molar refractivity (Wildman–Crippen MR) is 121 cm³/mol. The Balaban J connectivity index is 1.84. The molecule has 0 unspecified atom stereocenters. The topological polar surface area (TPSA) is 75.0 Å². The Hall–Kier alpha value is -4.21. The number of aromatic hydroxyl groups is 1. The number of hydrogen-bond donors (Lipinski definition) is 1. The number of amides is 1. The number of fused-ring (bicyclic) bond motifs is 5. The highest BCUT2D eigenvalue weighted by molar-refractivity contribution is 5.96. The molecule has 0 spiro atoms. The van der Waals surface area contributed by atoms with Gasteiger partial charge in [0.15, 0.2) is 11.4 Å². The fourth-order valence-electron chi connectivity index (χ4n) is 4.44. The Morgan fingerprint density at radius 3 is 2.49 bits per heavy atom. The molecule has 10 heteroatoms. The summed E-state index contributed by atoms with van der Waals surface area (Å²) < 4.78 is 49.0. The van der Waals surface area contributed by atoms with Crippen molar-refractivity contribution in [3.8, 4) is 11.5 Å². The maximum absolute atomic E-state index is 14.0. The Bertz CT molecular complexity index is 1370. The molecule has 0 fully saturated rings. The molecule has 35 heavy (non-hydrogen) atoms. The number of aromatic nitrogens is 1. The molecule has 2 aromatic carbocycles. The number of para-hydroxylation sites is 1.